The van der Waals surface area contributed by atoms with Crippen LogP contribution in [0.1, 0.15) is 31.4 Å². The zero-order valence-electron chi connectivity index (χ0n) is 17.0. The molecule has 0 aliphatic carbocycles. The number of aryl methyl sites for hydroxylation is 1. The predicted molar refractivity (Wildman–Crippen MR) is 112 cm³/mol. The number of para-hydroxylation sites is 1. The summed E-state index contributed by atoms with van der Waals surface area (Å²) in [7, 11) is 0. The minimum absolute atomic E-state index is 0.0147. The summed E-state index contributed by atoms with van der Waals surface area (Å²) in [6.45, 7) is 1.92. The number of benzene rings is 1. The van der Waals surface area contributed by atoms with E-state index in [0.717, 1.165) is 29.4 Å². The first-order valence-electron chi connectivity index (χ1n) is 10.4. The van der Waals surface area contributed by atoms with Crippen molar-refractivity contribution in [2.75, 3.05) is 10.6 Å². The van der Waals surface area contributed by atoms with Crippen LogP contribution in [-0.4, -0.2) is 55.5 Å². The molecule has 0 saturated carbocycles. The van der Waals surface area contributed by atoms with Crippen LogP contribution in [0.4, 0.5) is 26.4 Å². The average molecular weight is 427 g/mol. The van der Waals surface area contributed by atoms with E-state index in [2.05, 4.69) is 30.8 Å². The lowest BCUT2D eigenvalue weighted by molar-refractivity contribution is -0.147. The van der Waals surface area contributed by atoms with Gasteiger partial charge < -0.3 is 15.5 Å². The number of nitrogens with one attached hydrogen (secondary N) is 3. The van der Waals surface area contributed by atoms with Crippen molar-refractivity contribution in [1.82, 2.24) is 25.1 Å². The number of piperidine rings is 1. The van der Waals surface area contributed by atoms with E-state index in [-0.39, 0.29) is 18.1 Å². The lowest BCUT2D eigenvalue weighted by Crippen LogP contribution is -2.51. The van der Waals surface area contributed by atoms with Crippen molar-refractivity contribution in [2.45, 2.75) is 57.2 Å². The van der Waals surface area contributed by atoms with Gasteiger partial charge in [-0.25, -0.2) is 4.98 Å². The molecule has 0 radical (unpaired) electrons. The zero-order chi connectivity index (χ0) is 21.5. The number of fused-ring (bicyclic) bond motifs is 3. The van der Waals surface area contributed by atoms with Crippen LogP contribution in [0.25, 0.3) is 10.9 Å². The highest BCUT2D eigenvalue weighted by Crippen LogP contribution is 2.37. The van der Waals surface area contributed by atoms with Crippen LogP contribution >= 0.6 is 0 Å². The highest BCUT2D eigenvalue weighted by molar-refractivity contribution is 5.91. The fourth-order valence-electron chi connectivity index (χ4n) is 4.79. The molecule has 2 aliphatic heterocycles. The number of anilines is 3. The Morgan fingerprint density at radius 1 is 1.19 bits per heavy atom. The molecule has 31 heavy (non-hydrogen) atoms. The molecule has 10 heteroatoms. The Hall–Kier alpha value is -3.30. The first-order chi connectivity index (χ1) is 15.0. The zero-order valence-corrected chi connectivity index (χ0v) is 17.0. The molecule has 0 unspecified atom stereocenters. The van der Waals surface area contributed by atoms with E-state index in [9.17, 15) is 13.6 Å². The summed E-state index contributed by atoms with van der Waals surface area (Å²) in [4.78, 5) is 22.6. The predicted octanol–water partition coefficient (Wildman–Crippen LogP) is 3.60. The van der Waals surface area contributed by atoms with Gasteiger partial charge in [-0.2, -0.15) is 18.9 Å². The highest BCUT2D eigenvalue weighted by Gasteiger charge is 2.45. The van der Waals surface area contributed by atoms with Gasteiger partial charge in [-0.1, -0.05) is 12.1 Å². The van der Waals surface area contributed by atoms with Crippen molar-refractivity contribution in [3.63, 3.8) is 0 Å². The molecule has 5 rings (SSSR count). The summed E-state index contributed by atoms with van der Waals surface area (Å²) in [5, 5.41) is 14.6. The van der Waals surface area contributed by atoms with Crippen LogP contribution in [0.5, 0.6) is 0 Å². The molecule has 1 amide bonds. The lowest BCUT2D eigenvalue weighted by Gasteiger charge is -2.39. The molecule has 4 heterocycles. The van der Waals surface area contributed by atoms with Crippen molar-refractivity contribution in [2.24, 2.45) is 0 Å². The SMILES string of the molecule is Cc1cc(Nc2nc(N[C@@H]3C[C@H]4CC[C@@H](C3)N4C(=O)C(F)F)nc3ccccc23)n[nH]1. The number of hydrogen-bond acceptors (Lipinski definition) is 6. The maximum Gasteiger partial charge on any atom is 0.315 e. The molecule has 2 aliphatic rings. The van der Waals surface area contributed by atoms with Gasteiger partial charge in [-0.15, -0.1) is 0 Å². The summed E-state index contributed by atoms with van der Waals surface area (Å²) < 4.78 is 25.9. The number of amides is 1. The second kappa shape index (κ2) is 7.75. The molecule has 3 aromatic rings. The Balaban J connectivity index is 1.38. The number of carbonyl (C=O) groups excluding carboxylic acids is 1. The molecule has 162 valence electrons. The van der Waals surface area contributed by atoms with Gasteiger partial charge in [0.1, 0.15) is 5.82 Å². The minimum Gasteiger partial charge on any atom is -0.351 e. The third-order valence-corrected chi connectivity index (χ3v) is 6.06. The number of aromatic amines is 1. The van der Waals surface area contributed by atoms with Crippen molar-refractivity contribution in [3.05, 3.63) is 36.0 Å². The second-order valence-corrected chi connectivity index (χ2v) is 8.22. The number of nitrogens with zero attached hydrogens (tertiary/aromatic N) is 4. The van der Waals surface area contributed by atoms with Gasteiger partial charge in [0, 0.05) is 35.3 Å². The van der Waals surface area contributed by atoms with Gasteiger partial charge in [0.25, 0.3) is 5.91 Å². The van der Waals surface area contributed by atoms with Gasteiger partial charge in [-0.3, -0.25) is 9.89 Å². The van der Waals surface area contributed by atoms with Crippen LogP contribution in [0.15, 0.2) is 30.3 Å². The molecular weight excluding hydrogens is 404 g/mol. The van der Waals surface area contributed by atoms with Crippen LogP contribution in [0.3, 0.4) is 0 Å². The highest BCUT2D eigenvalue weighted by atomic mass is 19.3. The summed E-state index contributed by atoms with van der Waals surface area (Å²) in [5.41, 5.74) is 1.71. The van der Waals surface area contributed by atoms with E-state index < -0.39 is 12.3 Å². The molecule has 1 aromatic carbocycles. The van der Waals surface area contributed by atoms with E-state index in [0.29, 0.717) is 30.4 Å². The van der Waals surface area contributed by atoms with Gasteiger partial charge in [-0.05, 0) is 44.7 Å². The molecule has 0 spiro atoms. The Labute approximate surface area is 177 Å². The summed E-state index contributed by atoms with van der Waals surface area (Å²) >= 11 is 0. The van der Waals surface area contributed by atoms with E-state index in [1.54, 1.807) is 0 Å². The van der Waals surface area contributed by atoms with E-state index in [1.807, 2.05) is 37.3 Å². The normalized spacial score (nSPS) is 22.8. The monoisotopic (exact) mass is 427 g/mol. The smallest absolute Gasteiger partial charge is 0.315 e. The molecule has 2 saturated heterocycles. The third-order valence-electron chi connectivity index (χ3n) is 6.06. The van der Waals surface area contributed by atoms with Crippen LogP contribution < -0.4 is 10.6 Å². The quantitative estimate of drug-likeness (QED) is 0.576. The number of H-pyrrole nitrogens is 1. The number of halogens is 2. The summed E-state index contributed by atoms with van der Waals surface area (Å²) in [5.74, 6) is 0.706. The van der Waals surface area contributed by atoms with Crippen LogP contribution in [0.2, 0.25) is 0 Å². The van der Waals surface area contributed by atoms with Crippen molar-refractivity contribution in [1.29, 1.82) is 0 Å². The number of carbonyl (C=O) groups is 1. The van der Waals surface area contributed by atoms with Gasteiger partial charge >= 0.3 is 6.43 Å². The second-order valence-electron chi connectivity index (χ2n) is 8.22. The van der Waals surface area contributed by atoms with E-state index in [4.69, 9.17) is 0 Å². The minimum atomic E-state index is -2.95. The Bertz CT molecular complexity index is 1100. The topological polar surface area (TPSA) is 98.8 Å². The lowest BCUT2D eigenvalue weighted by atomic mass is 9.97. The fraction of sp³-hybridized carbons (Fsp3) is 0.429. The largest absolute Gasteiger partial charge is 0.351 e. The van der Waals surface area contributed by atoms with Crippen LogP contribution in [-0.2, 0) is 4.79 Å². The maximum atomic E-state index is 13.0. The first kappa shape index (κ1) is 19.7. The van der Waals surface area contributed by atoms with Crippen molar-refractivity contribution >= 4 is 34.4 Å². The standard InChI is InChI=1S/C21H23F2N7O/c1-11-8-17(29-28-11)26-19-15-4-2-3-5-16(15)25-21(27-19)24-12-9-13-6-7-14(10-12)30(13)20(31)18(22)23/h2-5,8,12-14,18H,6-7,9-10H2,1H3,(H3,24,25,26,27,28,29)/t12-,13-,14+. The Morgan fingerprint density at radius 3 is 2.61 bits per heavy atom. The van der Waals surface area contributed by atoms with Gasteiger partial charge in [0.05, 0.1) is 5.52 Å². The molecule has 2 fully saturated rings. The molecule has 3 atom stereocenters. The molecule has 2 bridgehead atoms. The molecule has 2 aromatic heterocycles. The Kier molecular flexibility index (Phi) is 4.91. The van der Waals surface area contributed by atoms with Gasteiger partial charge in [0.15, 0.2) is 5.82 Å². The number of hydrogen-bond donors (Lipinski definition) is 3. The number of alkyl halides is 2. The number of rotatable bonds is 5. The first-order valence-corrected chi connectivity index (χ1v) is 10.4. The summed E-state index contributed by atoms with van der Waals surface area (Å²) in [6.07, 6.45) is -0.231. The van der Waals surface area contributed by atoms with Crippen molar-refractivity contribution in [3.8, 4) is 0 Å². The molecule has 3 N–H and O–H groups in total. The van der Waals surface area contributed by atoms with E-state index >= 15 is 0 Å². The van der Waals surface area contributed by atoms with Gasteiger partial charge in [0.2, 0.25) is 5.95 Å². The third kappa shape index (κ3) is 3.77. The fourth-order valence-corrected chi connectivity index (χ4v) is 4.79. The summed E-state index contributed by atoms with van der Waals surface area (Å²) in [6, 6.07) is 9.26. The number of aromatic nitrogens is 4. The van der Waals surface area contributed by atoms with Crippen molar-refractivity contribution < 1.29 is 13.6 Å². The average Bonchev–Trinajstić information content (AvgIpc) is 3.27. The maximum absolute atomic E-state index is 13.0. The molecular formula is C21H23F2N7O. The van der Waals surface area contributed by atoms with Crippen LogP contribution in [0, 0.1) is 6.92 Å². The Morgan fingerprint density at radius 2 is 1.94 bits per heavy atom. The van der Waals surface area contributed by atoms with E-state index in [1.165, 1.54) is 4.90 Å². The molecule has 8 nitrogen and oxygen atoms in total.